The van der Waals surface area contributed by atoms with Crippen molar-refractivity contribution in [2.24, 2.45) is 0 Å². The number of para-hydroxylation sites is 1. The summed E-state index contributed by atoms with van der Waals surface area (Å²) in [5.41, 5.74) is 1.84. The number of nitrogens with one attached hydrogen (secondary N) is 3. The SMILES string of the molecule is O=c1[nH]c(=S)[nH]c2c1C(c1ccc(Br)cc1)c1c(c3ccccc3oc1=O)N2. The number of anilines is 2. The molecule has 0 aliphatic carbocycles. The molecule has 138 valence electrons. The molecule has 4 aromatic rings. The van der Waals surface area contributed by atoms with E-state index in [9.17, 15) is 9.59 Å². The minimum absolute atomic E-state index is 0.210. The molecular formula is C20H12BrN3O3S. The van der Waals surface area contributed by atoms with Crippen LogP contribution in [0, 0.1) is 4.77 Å². The third kappa shape index (κ3) is 2.56. The van der Waals surface area contributed by atoms with Gasteiger partial charge < -0.3 is 14.7 Å². The van der Waals surface area contributed by atoms with Crippen molar-refractivity contribution >= 4 is 50.6 Å². The van der Waals surface area contributed by atoms with Crippen molar-refractivity contribution in [3.05, 3.63) is 95.2 Å². The van der Waals surface area contributed by atoms with Crippen LogP contribution in [0.3, 0.4) is 0 Å². The number of rotatable bonds is 1. The van der Waals surface area contributed by atoms with Crippen molar-refractivity contribution in [2.45, 2.75) is 5.92 Å². The van der Waals surface area contributed by atoms with Gasteiger partial charge in [0.2, 0.25) is 0 Å². The fourth-order valence-electron chi connectivity index (χ4n) is 3.69. The highest BCUT2D eigenvalue weighted by Crippen LogP contribution is 2.43. The monoisotopic (exact) mass is 453 g/mol. The van der Waals surface area contributed by atoms with Gasteiger partial charge in [0, 0.05) is 9.86 Å². The van der Waals surface area contributed by atoms with Crippen LogP contribution in [0.25, 0.3) is 11.0 Å². The van der Waals surface area contributed by atoms with Crippen molar-refractivity contribution in [1.82, 2.24) is 9.97 Å². The summed E-state index contributed by atoms with van der Waals surface area (Å²) in [6.45, 7) is 0. The van der Waals surface area contributed by atoms with E-state index < -0.39 is 11.5 Å². The number of hydrogen-bond donors (Lipinski definition) is 3. The number of aromatic amines is 2. The molecule has 1 atom stereocenters. The summed E-state index contributed by atoms with van der Waals surface area (Å²) < 4.78 is 6.68. The number of benzene rings is 2. The van der Waals surface area contributed by atoms with Gasteiger partial charge in [-0.2, -0.15) is 0 Å². The van der Waals surface area contributed by atoms with Crippen molar-refractivity contribution < 1.29 is 4.42 Å². The van der Waals surface area contributed by atoms with E-state index in [1.54, 1.807) is 12.1 Å². The van der Waals surface area contributed by atoms with E-state index in [-0.39, 0.29) is 10.3 Å². The molecule has 6 nitrogen and oxygen atoms in total. The van der Waals surface area contributed by atoms with Crippen LogP contribution < -0.4 is 16.5 Å². The molecule has 2 aromatic carbocycles. The average molecular weight is 454 g/mol. The lowest BCUT2D eigenvalue weighted by Crippen LogP contribution is -2.29. The van der Waals surface area contributed by atoms with E-state index in [4.69, 9.17) is 16.6 Å². The van der Waals surface area contributed by atoms with Gasteiger partial charge in [0.15, 0.2) is 4.77 Å². The van der Waals surface area contributed by atoms with Crippen LogP contribution >= 0.6 is 28.1 Å². The highest BCUT2D eigenvalue weighted by atomic mass is 79.9. The average Bonchev–Trinajstić information content (AvgIpc) is 2.67. The molecule has 1 unspecified atom stereocenters. The first-order valence-corrected chi connectivity index (χ1v) is 9.68. The molecule has 8 heteroatoms. The summed E-state index contributed by atoms with van der Waals surface area (Å²) in [6, 6.07) is 14.8. The van der Waals surface area contributed by atoms with Crippen molar-refractivity contribution in [2.75, 3.05) is 5.32 Å². The molecule has 0 radical (unpaired) electrons. The van der Waals surface area contributed by atoms with E-state index in [0.717, 1.165) is 15.4 Å². The first-order chi connectivity index (χ1) is 13.5. The zero-order valence-corrected chi connectivity index (χ0v) is 16.6. The fraction of sp³-hybridized carbons (Fsp3) is 0.0500. The van der Waals surface area contributed by atoms with Gasteiger partial charge in [-0.25, -0.2) is 4.79 Å². The first kappa shape index (κ1) is 17.2. The van der Waals surface area contributed by atoms with Crippen LogP contribution in [0.15, 0.2) is 67.0 Å². The number of fused-ring (bicyclic) bond motifs is 4. The lowest BCUT2D eigenvalue weighted by Gasteiger charge is -2.28. The van der Waals surface area contributed by atoms with Crippen molar-refractivity contribution in [3.8, 4) is 0 Å². The normalized spacial score (nSPS) is 15.0. The molecule has 2 aromatic heterocycles. The van der Waals surface area contributed by atoms with Gasteiger partial charge in [-0.3, -0.25) is 9.78 Å². The van der Waals surface area contributed by atoms with Gasteiger partial charge in [-0.15, -0.1) is 0 Å². The first-order valence-electron chi connectivity index (χ1n) is 8.47. The summed E-state index contributed by atoms with van der Waals surface area (Å²) >= 11 is 8.56. The van der Waals surface area contributed by atoms with Gasteiger partial charge in [0.05, 0.1) is 22.7 Å². The number of hydrogen-bond acceptors (Lipinski definition) is 5. The van der Waals surface area contributed by atoms with Crippen molar-refractivity contribution in [1.29, 1.82) is 0 Å². The smallest absolute Gasteiger partial charge is 0.342 e. The molecule has 0 amide bonds. The van der Waals surface area contributed by atoms with E-state index in [1.807, 2.05) is 36.4 Å². The Balaban J connectivity index is 1.93. The molecule has 1 aliphatic heterocycles. The largest absolute Gasteiger partial charge is 0.422 e. The molecular weight excluding hydrogens is 442 g/mol. The summed E-state index contributed by atoms with van der Waals surface area (Å²) in [5, 5.41) is 3.96. The second-order valence-corrected chi connectivity index (χ2v) is 7.80. The molecule has 3 heterocycles. The Morgan fingerprint density at radius 1 is 0.964 bits per heavy atom. The maximum atomic E-state index is 13.0. The quantitative estimate of drug-likeness (QED) is 0.256. The highest BCUT2D eigenvalue weighted by molar-refractivity contribution is 9.10. The predicted octanol–water partition coefficient (Wildman–Crippen LogP) is 4.54. The Kier molecular flexibility index (Phi) is 3.85. The maximum absolute atomic E-state index is 13.0. The minimum atomic E-state index is -0.601. The Morgan fingerprint density at radius 2 is 1.71 bits per heavy atom. The van der Waals surface area contributed by atoms with E-state index in [1.165, 1.54) is 0 Å². The van der Waals surface area contributed by atoms with Crippen LogP contribution in [0.1, 0.15) is 22.6 Å². The Hall–Kier alpha value is -2.97. The number of halogens is 1. The fourth-order valence-corrected chi connectivity index (χ4v) is 4.15. The Bertz CT molecular complexity index is 1420. The molecule has 0 bridgehead atoms. The van der Waals surface area contributed by atoms with Crippen LogP contribution in [0.2, 0.25) is 0 Å². The van der Waals surface area contributed by atoms with Crippen LogP contribution in [0.5, 0.6) is 0 Å². The third-order valence-electron chi connectivity index (χ3n) is 4.86. The Labute approximate surface area is 171 Å². The molecule has 0 spiro atoms. The minimum Gasteiger partial charge on any atom is -0.422 e. The van der Waals surface area contributed by atoms with E-state index in [2.05, 4.69) is 31.2 Å². The van der Waals surface area contributed by atoms with Crippen LogP contribution in [-0.4, -0.2) is 9.97 Å². The van der Waals surface area contributed by atoms with Gasteiger partial charge in [0.25, 0.3) is 5.56 Å². The Morgan fingerprint density at radius 3 is 2.50 bits per heavy atom. The lowest BCUT2D eigenvalue weighted by molar-refractivity contribution is 0.548. The molecule has 0 fully saturated rings. The number of H-pyrrole nitrogens is 2. The molecule has 3 N–H and O–H groups in total. The predicted molar refractivity (Wildman–Crippen MR) is 113 cm³/mol. The zero-order chi connectivity index (χ0) is 19.4. The summed E-state index contributed by atoms with van der Waals surface area (Å²) in [6.07, 6.45) is 0. The summed E-state index contributed by atoms with van der Waals surface area (Å²) in [7, 11) is 0. The molecule has 1 aliphatic rings. The topological polar surface area (TPSA) is 90.9 Å². The standard InChI is InChI=1S/C20H12BrN3O3S/c21-10-7-5-9(6-8-10)13-14-16(11-3-1-2-4-12(11)27-19(14)26)22-17-15(13)18(25)24-20(28)23-17/h1-8,13H,(H3,22,23,24,25,28). The van der Waals surface area contributed by atoms with E-state index in [0.29, 0.717) is 28.2 Å². The highest BCUT2D eigenvalue weighted by Gasteiger charge is 2.34. The third-order valence-corrected chi connectivity index (χ3v) is 5.59. The maximum Gasteiger partial charge on any atom is 0.342 e. The van der Waals surface area contributed by atoms with Gasteiger partial charge >= 0.3 is 5.63 Å². The second kappa shape index (κ2) is 6.29. The molecule has 28 heavy (non-hydrogen) atoms. The molecule has 0 saturated carbocycles. The van der Waals surface area contributed by atoms with Gasteiger partial charge in [-0.05, 0) is 42.0 Å². The molecule has 5 rings (SSSR count). The molecule has 0 saturated heterocycles. The number of aromatic nitrogens is 2. The van der Waals surface area contributed by atoms with Gasteiger partial charge in [-0.1, -0.05) is 40.2 Å². The zero-order valence-electron chi connectivity index (χ0n) is 14.2. The van der Waals surface area contributed by atoms with Crippen molar-refractivity contribution in [3.63, 3.8) is 0 Å². The van der Waals surface area contributed by atoms with Crippen LogP contribution in [-0.2, 0) is 0 Å². The summed E-state index contributed by atoms with van der Waals surface area (Å²) in [4.78, 5) is 31.4. The second-order valence-electron chi connectivity index (χ2n) is 6.48. The van der Waals surface area contributed by atoms with Gasteiger partial charge in [0.1, 0.15) is 11.4 Å². The van der Waals surface area contributed by atoms with E-state index >= 15 is 0 Å². The summed E-state index contributed by atoms with van der Waals surface area (Å²) in [5.74, 6) is -0.124. The lowest BCUT2D eigenvalue weighted by atomic mass is 9.83. The van der Waals surface area contributed by atoms with Crippen LogP contribution in [0.4, 0.5) is 11.5 Å².